The maximum Gasteiger partial charge on any atom is 0.472 e. The SMILES string of the molecule is CCCCCCCCCCC(=O)OC[C@H](COP(=O)(O)OC[C@H](O)COP(=O)(O)OC[C@@H](COC(=O)CCCCCCCCCCCCCCCCCC(C)C)OC(=O)CCCCCCCCCCCCCCCCCC(C)C)OC(=O)CCCCCCCCCCCCC(C)C. The molecular weight excluding hydrogens is 1270 g/mol. The van der Waals surface area contributed by atoms with Gasteiger partial charge in [0.25, 0.3) is 0 Å². The second kappa shape index (κ2) is 68.5. The monoisotopic (exact) mass is 1420 g/mol. The summed E-state index contributed by atoms with van der Waals surface area (Å²) < 4.78 is 68.5. The van der Waals surface area contributed by atoms with E-state index in [-0.39, 0.29) is 25.7 Å². The summed E-state index contributed by atoms with van der Waals surface area (Å²) in [4.78, 5) is 72.8. The molecule has 0 fully saturated rings. The Morgan fingerprint density at radius 2 is 0.474 bits per heavy atom. The van der Waals surface area contributed by atoms with Crippen LogP contribution in [0, 0.1) is 17.8 Å². The molecule has 2 unspecified atom stereocenters. The molecule has 0 spiro atoms. The molecule has 0 amide bonds. The van der Waals surface area contributed by atoms with Gasteiger partial charge in [0.15, 0.2) is 12.2 Å². The lowest BCUT2D eigenvalue weighted by Crippen LogP contribution is -2.30. The molecule has 0 bridgehead atoms. The zero-order valence-electron chi connectivity index (χ0n) is 63.5. The highest BCUT2D eigenvalue weighted by molar-refractivity contribution is 7.47. The molecule has 0 aromatic heterocycles. The van der Waals surface area contributed by atoms with Gasteiger partial charge in [0.1, 0.15) is 19.3 Å². The average Bonchev–Trinajstić information content (AvgIpc) is 2.87. The Morgan fingerprint density at radius 1 is 0.278 bits per heavy atom. The predicted molar refractivity (Wildman–Crippen MR) is 395 cm³/mol. The summed E-state index contributed by atoms with van der Waals surface area (Å²) >= 11 is 0. The fourth-order valence-electron chi connectivity index (χ4n) is 12.0. The molecule has 19 heteroatoms. The number of carbonyl (C=O) groups is 4. The lowest BCUT2D eigenvalue weighted by molar-refractivity contribution is -0.161. The number of carbonyl (C=O) groups excluding carboxylic acids is 4. The zero-order chi connectivity index (χ0) is 71.6. The van der Waals surface area contributed by atoms with Gasteiger partial charge in [-0.25, -0.2) is 9.13 Å². The normalized spacial score (nSPS) is 14.0. The van der Waals surface area contributed by atoms with Crippen molar-refractivity contribution >= 4 is 39.5 Å². The van der Waals surface area contributed by atoms with Crippen LogP contribution in [0.3, 0.4) is 0 Å². The highest BCUT2D eigenvalue weighted by Gasteiger charge is 2.30. The van der Waals surface area contributed by atoms with E-state index < -0.39 is 97.5 Å². The number of aliphatic hydroxyl groups is 1. The van der Waals surface area contributed by atoms with Crippen LogP contribution in [-0.2, 0) is 65.4 Å². The summed E-state index contributed by atoms with van der Waals surface area (Å²) in [6, 6.07) is 0. The van der Waals surface area contributed by atoms with Crippen LogP contribution in [0.15, 0.2) is 0 Å². The van der Waals surface area contributed by atoms with Crippen molar-refractivity contribution in [2.24, 2.45) is 17.8 Å². The fourth-order valence-corrected chi connectivity index (χ4v) is 13.5. The molecule has 0 saturated carbocycles. The Labute approximate surface area is 594 Å². The number of phosphoric ester groups is 2. The Hall–Kier alpha value is -1.94. The van der Waals surface area contributed by atoms with Gasteiger partial charge in [-0.3, -0.25) is 37.3 Å². The third-order valence-corrected chi connectivity index (χ3v) is 20.0. The first-order valence-corrected chi connectivity index (χ1v) is 43.3. The lowest BCUT2D eigenvalue weighted by Gasteiger charge is -2.21. The zero-order valence-corrected chi connectivity index (χ0v) is 65.3. The van der Waals surface area contributed by atoms with Crippen molar-refractivity contribution in [2.45, 2.75) is 420 Å². The molecule has 3 N–H and O–H groups in total. The second-order valence-electron chi connectivity index (χ2n) is 29.5. The van der Waals surface area contributed by atoms with E-state index in [1.54, 1.807) is 0 Å². The van der Waals surface area contributed by atoms with Crippen LogP contribution in [0.5, 0.6) is 0 Å². The largest absolute Gasteiger partial charge is 0.472 e. The molecule has 0 saturated heterocycles. The quantitative estimate of drug-likeness (QED) is 0.0222. The van der Waals surface area contributed by atoms with E-state index in [1.807, 2.05) is 0 Å². The Balaban J connectivity index is 5.21. The minimum atomic E-state index is -4.96. The number of hydrogen-bond acceptors (Lipinski definition) is 15. The first-order valence-electron chi connectivity index (χ1n) is 40.3. The van der Waals surface area contributed by atoms with Crippen molar-refractivity contribution in [1.82, 2.24) is 0 Å². The molecule has 0 rings (SSSR count). The Bertz CT molecular complexity index is 1890. The van der Waals surface area contributed by atoms with Gasteiger partial charge >= 0.3 is 39.5 Å². The van der Waals surface area contributed by atoms with Crippen LogP contribution in [0.1, 0.15) is 402 Å². The summed E-state index contributed by atoms with van der Waals surface area (Å²) in [7, 11) is -9.91. The number of rotatable bonds is 76. The van der Waals surface area contributed by atoms with Gasteiger partial charge in [0.2, 0.25) is 0 Å². The summed E-state index contributed by atoms with van der Waals surface area (Å²) in [5.41, 5.74) is 0. The van der Waals surface area contributed by atoms with Gasteiger partial charge in [-0.15, -0.1) is 0 Å². The highest BCUT2D eigenvalue weighted by atomic mass is 31.2. The van der Waals surface area contributed by atoms with Crippen molar-refractivity contribution in [3.8, 4) is 0 Å². The fraction of sp³-hybridized carbons (Fsp3) is 0.949. The number of hydrogen-bond donors (Lipinski definition) is 3. The van der Waals surface area contributed by atoms with Crippen LogP contribution in [0.4, 0.5) is 0 Å². The van der Waals surface area contributed by atoms with Crippen LogP contribution in [0.25, 0.3) is 0 Å². The van der Waals surface area contributed by atoms with Gasteiger partial charge in [0, 0.05) is 25.7 Å². The number of ether oxygens (including phenoxy) is 4. The molecule has 0 aromatic rings. The van der Waals surface area contributed by atoms with E-state index in [1.165, 1.54) is 205 Å². The molecule has 97 heavy (non-hydrogen) atoms. The van der Waals surface area contributed by atoms with Crippen molar-refractivity contribution in [3.05, 3.63) is 0 Å². The Morgan fingerprint density at radius 3 is 0.701 bits per heavy atom. The van der Waals surface area contributed by atoms with Gasteiger partial charge in [-0.05, 0) is 43.4 Å². The maximum absolute atomic E-state index is 13.1. The molecule has 0 aliphatic heterocycles. The minimum Gasteiger partial charge on any atom is -0.462 e. The van der Waals surface area contributed by atoms with Gasteiger partial charge in [-0.2, -0.15) is 0 Å². The van der Waals surface area contributed by atoms with Gasteiger partial charge in [-0.1, -0.05) is 350 Å². The topological polar surface area (TPSA) is 237 Å². The number of esters is 4. The summed E-state index contributed by atoms with van der Waals surface area (Å²) in [5, 5.41) is 10.6. The van der Waals surface area contributed by atoms with Crippen molar-refractivity contribution < 1.29 is 80.2 Å². The highest BCUT2D eigenvalue weighted by Crippen LogP contribution is 2.45. The van der Waals surface area contributed by atoms with E-state index >= 15 is 0 Å². The number of phosphoric acid groups is 2. The van der Waals surface area contributed by atoms with Crippen LogP contribution >= 0.6 is 15.6 Å². The van der Waals surface area contributed by atoms with E-state index in [9.17, 15) is 43.2 Å². The predicted octanol–water partition coefficient (Wildman–Crippen LogP) is 23.0. The number of unbranched alkanes of at least 4 members (excludes halogenated alkanes) is 44. The minimum absolute atomic E-state index is 0.106. The molecular formula is C78H152O17P2. The molecule has 17 nitrogen and oxygen atoms in total. The third kappa shape index (κ3) is 72.2. The van der Waals surface area contributed by atoms with Crippen LogP contribution < -0.4 is 0 Å². The molecule has 5 atom stereocenters. The summed E-state index contributed by atoms with van der Waals surface area (Å²) in [5.74, 6) is 0.244. The van der Waals surface area contributed by atoms with Crippen LogP contribution in [0.2, 0.25) is 0 Å². The molecule has 0 aromatic carbocycles. The first kappa shape index (κ1) is 95.1. The van der Waals surface area contributed by atoms with Gasteiger partial charge < -0.3 is 33.8 Å². The average molecular weight is 1420 g/mol. The number of aliphatic hydroxyl groups excluding tert-OH is 1. The van der Waals surface area contributed by atoms with Crippen molar-refractivity contribution in [3.63, 3.8) is 0 Å². The Kier molecular flexibility index (Phi) is 67.1. The van der Waals surface area contributed by atoms with E-state index in [0.29, 0.717) is 25.7 Å². The second-order valence-corrected chi connectivity index (χ2v) is 32.4. The lowest BCUT2D eigenvalue weighted by atomic mass is 10.0. The van der Waals surface area contributed by atoms with Crippen molar-refractivity contribution in [2.75, 3.05) is 39.6 Å². The summed E-state index contributed by atoms with van der Waals surface area (Å²) in [6.07, 6.45) is 55.6. The molecule has 0 radical (unpaired) electrons. The molecule has 0 heterocycles. The third-order valence-electron chi connectivity index (χ3n) is 18.1. The van der Waals surface area contributed by atoms with Crippen molar-refractivity contribution in [1.29, 1.82) is 0 Å². The van der Waals surface area contributed by atoms with E-state index in [4.69, 9.17) is 37.0 Å². The molecule has 576 valence electrons. The maximum atomic E-state index is 13.1. The van der Waals surface area contributed by atoms with Crippen LogP contribution in [-0.4, -0.2) is 96.7 Å². The van der Waals surface area contributed by atoms with Gasteiger partial charge in [0.05, 0.1) is 26.4 Å². The van der Waals surface area contributed by atoms with E-state index in [2.05, 4.69) is 48.5 Å². The first-order chi connectivity index (χ1) is 46.7. The molecule has 0 aliphatic carbocycles. The summed E-state index contributed by atoms with van der Waals surface area (Å²) in [6.45, 7) is 11.9. The van der Waals surface area contributed by atoms with E-state index in [0.717, 1.165) is 114 Å². The standard InChI is InChI=1S/C78H152O17P2/c1-8-9-10-11-12-38-45-52-59-75(80)88-65-73(94-78(83)62-55-48-41-34-28-27-31-37-44-51-58-71(6)7)67-92-96(84,85)90-63-72(79)64-91-97(86,87)93-68-74(95-77(82)61-54-47-40-33-26-22-18-14-16-20-24-30-36-43-50-57-70(4)5)66-89-76(81)60-53-46-39-32-25-21-17-13-15-19-23-29-35-42-49-56-69(2)3/h69-74,79H,8-68H2,1-7H3,(H,84,85)(H,86,87)/t72-,73+,74+/m0/s1. The smallest absolute Gasteiger partial charge is 0.462 e. The molecule has 0 aliphatic rings.